The lowest BCUT2D eigenvalue weighted by molar-refractivity contribution is 0.0975. The van der Waals surface area contributed by atoms with Crippen molar-refractivity contribution in [2.45, 2.75) is 22.5 Å². The van der Waals surface area contributed by atoms with Gasteiger partial charge in [-0.1, -0.05) is 63.7 Å². The molecule has 0 bridgehead atoms. The van der Waals surface area contributed by atoms with Gasteiger partial charge in [0.25, 0.3) is 0 Å². The number of aliphatic hydroxyl groups is 1. The zero-order valence-electron chi connectivity index (χ0n) is 12.3. The van der Waals surface area contributed by atoms with E-state index in [9.17, 15) is 0 Å². The molecule has 2 unspecified atom stereocenters. The minimum atomic E-state index is -1.36. The van der Waals surface area contributed by atoms with Gasteiger partial charge in [0.15, 0.2) is 0 Å². The Hall–Kier alpha value is 2.15. The van der Waals surface area contributed by atoms with Gasteiger partial charge in [0.2, 0.25) is 0 Å². The molecule has 0 aliphatic rings. The Morgan fingerprint density at radius 3 is 1.86 bits per heavy atom. The molecule has 0 saturated carbocycles. The Balaban J connectivity index is 3.85. The molecule has 0 aromatic heterocycles. The number of rotatable bonds is 16. The SMILES string of the molecule is OCCCOCCCOP(OCC(Br)CBr)OCC(Br)CBr. The summed E-state index contributed by atoms with van der Waals surface area (Å²) in [7, 11) is -1.36. The molecule has 0 heterocycles. The number of alkyl halides is 4. The van der Waals surface area contributed by atoms with Crippen molar-refractivity contribution < 1.29 is 23.4 Å². The van der Waals surface area contributed by atoms with Crippen LogP contribution in [0.25, 0.3) is 0 Å². The first-order valence-corrected chi connectivity index (χ1v) is 12.1. The molecule has 22 heavy (non-hydrogen) atoms. The zero-order valence-corrected chi connectivity index (χ0v) is 19.5. The molecule has 0 amide bonds. The van der Waals surface area contributed by atoms with E-state index in [-0.39, 0.29) is 16.3 Å². The van der Waals surface area contributed by atoms with Crippen LogP contribution in [0.1, 0.15) is 12.8 Å². The summed E-state index contributed by atoms with van der Waals surface area (Å²) in [5.74, 6) is 0. The van der Waals surface area contributed by atoms with Gasteiger partial charge in [-0.05, 0) is 12.8 Å². The summed E-state index contributed by atoms with van der Waals surface area (Å²) in [6.45, 7) is 2.90. The van der Waals surface area contributed by atoms with Crippen molar-refractivity contribution in [3.8, 4) is 0 Å². The van der Waals surface area contributed by atoms with Crippen LogP contribution in [0.3, 0.4) is 0 Å². The van der Waals surface area contributed by atoms with Crippen molar-refractivity contribution in [3.63, 3.8) is 0 Å². The Morgan fingerprint density at radius 2 is 1.36 bits per heavy atom. The normalized spacial score (nSPS) is 15.7. The summed E-state index contributed by atoms with van der Waals surface area (Å²) in [4.78, 5) is 0.449. The fraction of sp³-hybridized carbons (Fsp3) is 1.00. The third-order valence-electron chi connectivity index (χ3n) is 2.13. The first kappa shape index (κ1) is 24.1. The van der Waals surface area contributed by atoms with Crippen LogP contribution in [-0.2, 0) is 18.3 Å². The van der Waals surface area contributed by atoms with E-state index in [1.54, 1.807) is 0 Å². The van der Waals surface area contributed by atoms with Crippen molar-refractivity contribution in [1.82, 2.24) is 0 Å². The molecule has 0 aliphatic carbocycles. The molecule has 0 rings (SSSR count). The van der Waals surface area contributed by atoms with Crippen molar-refractivity contribution in [2.75, 3.05) is 50.3 Å². The number of hydrogen-bond acceptors (Lipinski definition) is 5. The molecule has 0 aromatic rings. The maximum absolute atomic E-state index is 8.64. The Kier molecular flexibility index (Phi) is 19.7. The second-order valence-electron chi connectivity index (χ2n) is 4.19. The lowest BCUT2D eigenvalue weighted by Gasteiger charge is -2.19. The molecule has 0 aliphatic heterocycles. The fourth-order valence-electron chi connectivity index (χ4n) is 1.05. The number of hydrogen-bond donors (Lipinski definition) is 1. The quantitative estimate of drug-likeness (QED) is 0.163. The summed E-state index contributed by atoms with van der Waals surface area (Å²) in [6, 6.07) is 0. The van der Waals surface area contributed by atoms with E-state index in [4.69, 9.17) is 23.4 Å². The van der Waals surface area contributed by atoms with Crippen LogP contribution >= 0.6 is 72.3 Å². The van der Waals surface area contributed by atoms with Gasteiger partial charge in [-0.25, -0.2) is 0 Å². The second-order valence-corrected chi connectivity index (χ2v) is 9.30. The fourth-order valence-corrected chi connectivity index (χ4v) is 3.20. The van der Waals surface area contributed by atoms with E-state index in [1.165, 1.54) is 0 Å². The molecule has 0 aromatic carbocycles. The van der Waals surface area contributed by atoms with E-state index < -0.39 is 8.60 Å². The highest BCUT2D eigenvalue weighted by atomic mass is 79.9. The Bertz CT molecular complexity index is 230. The van der Waals surface area contributed by atoms with E-state index in [1.807, 2.05) is 0 Å². The summed E-state index contributed by atoms with van der Waals surface area (Å²) in [6.07, 6.45) is 1.43. The average molecular weight is 598 g/mol. The topological polar surface area (TPSA) is 57.2 Å². The Labute approximate surface area is 167 Å². The first-order chi connectivity index (χ1) is 10.6. The number of halogens is 4. The van der Waals surface area contributed by atoms with Gasteiger partial charge in [-0.3, -0.25) is 0 Å². The Morgan fingerprint density at radius 1 is 0.818 bits per heavy atom. The van der Waals surface area contributed by atoms with E-state index >= 15 is 0 Å². The average Bonchev–Trinajstić information content (AvgIpc) is 2.54. The van der Waals surface area contributed by atoms with Crippen molar-refractivity contribution in [2.24, 2.45) is 0 Å². The van der Waals surface area contributed by atoms with Gasteiger partial charge in [0.1, 0.15) is 0 Å². The predicted molar refractivity (Wildman–Crippen MR) is 105 cm³/mol. The van der Waals surface area contributed by atoms with Gasteiger partial charge >= 0.3 is 8.60 Å². The van der Waals surface area contributed by atoms with Crippen molar-refractivity contribution in [3.05, 3.63) is 0 Å². The predicted octanol–water partition coefficient (Wildman–Crippen LogP) is 4.37. The largest absolute Gasteiger partial charge is 0.396 e. The summed E-state index contributed by atoms with van der Waals surface area (Å²) < 4.78 is 22.3. The lowest BCUT2D eigenvalue weighted by atomic mass is 10.5. The molecule has 0 radical (unpaired) electrons. The monoisotopic (exact) mass is 594 g/mol. The maximum atomic E-state index is 8.64. The van der Waals surface area contributed by atoms with Crippen LogP contribution in [0.15, 0.2) is 0 Å². The third-order valence-corrected chi connectivity index (χ3v) is 7.72. The highest BCUT2D eigenvalue weighted by Crippen LogP contribution is 2.40. The van der Waals surface area contributed by atoms with Gasteiger partial charge < -0.3 is 23.4 Å². The molecular formula is C12H23Br4O5P. The highest BCUT2D eigenvalue weighted by molar-refractivity contribution is 9.12. The van der Waals surface area contributed by atoms with Crippen LogP contribution in [-0.4, -0.2) is 65.1 Å². The van der Waals surface area contributed by atoms with E-state index in [0.717, 1.165) is 17.1 Å². The van der Waals surface area contributed by atoms with Gasteiger partial charge in [0, 0.05) is 40.1 Å². The van der Waals surface area contributed by atoms with Crippen LogP contribution in [0.2, 0.25) is 0 Å². The molecule has 0 spiro atoms. The van der Waals surface area contributed by atoms with E-state index in [0.29, 0.717) is 39.5 Å². The van der Waals surface area contributed by atoms with Crippen LogP contribution in [0.4, 0.5) is 0 Å². The van der Waals surface area contributed by atoms with Crippen molar-refractivity contribution >= 4 is 72.3 Å². The highest BCUT2D eigenvalue weighted by Gasteiger charge is 2.16. The first-order valence-electron chi connectivity index (χ1n) is 6.91. The van der Waals surface area contributed by atoms with Crippen LogP contribution in [0, 0.1) is 0 Å². The summed E-state index contributed by atoms with van der Waals surface area (Å²) >= 11 is 13.7. The van der Waals surface area contributed by atoms with Gasteiger partial charge in [-0.15, -0.1) is 0 Å². The molecular weight excluding hydrogens is 575 g/mol. The standard InChI is InChI=1S/C12H23Br4O5P/c13-7-11(15)9-20-22(21-10-12(16)8-14)19-6-2-5-18-4-1-3-17/h11-12,17H,1-10H2. The summed E-state index contributed by atoms with van der Waals surface area (Å²) in [5.41, 5.74) is 0. The third kappa shape index (κ3) is 15.7. The smallest absolute Gasteiger partial charge is 0.332 e. The van der Waals surface area contributed by atoms with Crippen LogP contribution in [0.5, 0.6) is 0 Å². The van der Waals surface area contributed by atoms with E-state index in [2.05, 4.69) is 63.7 Å². The minimum absolute atomic E-state index is 0.159. The molecule has 1 N–H and O–H groups in total. The van der Waals surface area contributed by atoms with Gasteiger partial charge in [0.05, 0.1) is 19.8 Å². The molecule has 10 heteroatoms. The lowest BCUT2D eigenvalue weighted by Crippen LogP contribution is -2.13. The molecule has 5 nitrogen and oxygen atoms in total. The number of ether oxygens (including phenoxy) is 1. The number of aliphatic hydroxyl groups excluding tert-OH is 1. The molecule has 134 valence electrons. The maximum Gasteiger partial charge on any atom is 0.332 e. The van der Waals surface area contributed by atoms with Crippen molar-refractivity contribution in [1.29, 1.82) is 0 Å². The van der Waals surface area contributed by atoms with Crippen LogP contribution < -0.4 is 0 Å². The zero-order chi connectivity index (χ0) is 16.6. The molecule has 0 saturated heterocycles. The minimum Gasteiger partial charge on any atom is -0.396 e. The second kappa shape index (κ2) is 18.0. The van der Waals surface area contributed by atoms with Gasteiger partial charge in [-0.2, -0.15) is 0 Å². The molecule has 2 atom stereocenters. The molecule has 0 fully saturated rings. The summed E-state index contributed by atoms with van der Waals surface area (Å²) in [5, 5.41) is 10.2.